The number of alkyl halides is 1. The van der Waals surface area contributed by atoms with E-state index in [1.54, 1.807) is 0 Å². The third-order valence-corrected chi connectivity index (χ3v) is 1.62. The van der Waals surface area contributed by atoms with Crippen LogP contribution in [0.4, 0.5) is 0 Å². The highest BCUT2D eigenvalue weighted by Crippen LogP contribution is 2.13. The van der Waals surface area contributed by atoms with Crippen molar-refractivity contribution in [2.45, 2.75) is 18.6 Å². The number of rotatable bonds is 1. The highest BCUT2D eigenvalue weighted by Gasteiger charge is 2.30. The first-order valence-corrected chi connectivity index (χ1v) is 3.29. The van der Waals surface area contributed by atoms with Gasteiger partial charge in [0, 0.05) is 6.42 Å². The standard InChI is InChI=1S/C5H8ClNO2/c6-2-3-1-4(7)5(8)9-3/h3-4H,1-2,7H2/t3-,4+/m0/s1. The van der Waals surface area contributed by atoms with Crippen LogP contribution < -0.4 is 5.73 Å². The van der Waals surface area contributed by atoms with Gasteiger partial charge in [-0.15, -0.1) is 11.6 Å². The fourth-order valence-electron chi connectivity index (χ4n) is 0.774. The van der Waals surface area contributed by atoms with Crippen LogP contribution in [0.15, 0.2) is 0 Å². The summed E-state index contributed by atoms with van der Waals surface area (Å²) in [5.74, 6) is 0.0139. The molecule has 0 unspecified atom stereocenters. The van der Waals surface area contributed by atoms with Crippen molar-refractivity contribution < 1.29 is 9.53 Å². The fraction of sp³-hybridized carbons (Fsp3) is 0.800. The van der Waals surface area contributed by atoms with Crippen LogP contribution in [0.5, 0.6) is 0 Å². The summed E-state index contributed by atoms with van der Waals surface area (Å²) < 4.78 is 4.73. The number of ether oxygens (including phenoxy) is 1. The van der Waals surface area contributed by atoms with Crippen molar-refractivity contribution in [2.24, 2.45) is 5.73 Å². The van der Waals surface area contributed by atoms with Crippen molar-refractivity contribution in [1.29, 1.82) is 0 Å². The van der Waals surface area contributed by atoms with E-state index >= 15 is 0 Å². The Bertz CT molecular complexity index is 128. The average Bonchev–Trinajstić information content (AvgIpc) is 2.13. The van der Waals surface area contributed by atoms with E-state index in [1.807, 2.05) is 0 Å². The molecule has 1 aliphatic heterocycles. The van der Waals surface area contributed by atoms with Gasteiger partial charge >= 0.3 is 5.97 Å². The lowest BCUT2D eigenvalue weighted by Gasteiger charge is -2.00. The minimum atomic E-state index is -0.450. The van der Waals surface area contributed by atoms with Crippen LogP contribution in [0.2, 0.25) is 0 Å². The Hall–Kier alpha value is -0.280. The van der Waals surface area contributed by atoms with Crippen molar-refractivity contribution in [3.05, 3.63) is 0 Å². The summed E-state index contributed by atoms with van der Waals surface area (Å²) in [5, 5.41) is 0. The topological polar surface area (TPSA) is 52.3 Å². The van der Waals surface area contributed by atoms with Gasteiger partial charge in [-0.2, -0.15) is 0 Å². The molecule has 0 amide bonds. The predicted molar refractivity (Wildman–Crippen MR) is 33.2 cm³/mol. The number of carbonyl (C=O) groups is 1. The molecule has 0 spiro atoms. The van der Waals surface area contributed by atoms with E-state index in [0.717, 1.165) is 0 Å². The van der Waals surface area contributed by atoms with Gasteiger partial charge in [-0.25, -0.2) is 0 Å². The van der Waals surface area contributed by atoms with Gasteiger partial charge < -0.3 is 10.5 Å². The molecular weight excluding hydrogens is 142 g/mol. The molecule has 3 nitrogen and oxygen atoms in total. The molecule has 4 heteroatoms. The maximum Gasteiger partial charge on any atom is 0.323 e. The number of cyclic esters (lactones) is 1. The Morgan fingerprint density at radius 1 is 1.89 bits per heavy atom. The Balaban J connectivity index is 2.44. The summed E-state index contributed by atoms with van der Waals surface area (Å²) in [4.78, 5) is 10.5. The largest absolute Gasteiger partial charge is 0.460 e. The third kappa shape index (κ3) is 1.34. The highest BCUT2D eigenvalue weighted by atomic mass is 35.5. The van der Waals surface area contributed by atoms with Gasteiger partial charge in [0.1, 0.15) is 12.1 Å². The van der Waals surface area contributed by atoms with E-state index in [1.165, 1.54) is 0 Å². The first kappa shape index (κ1) is 6.83. The van der Waals surface area contributed by atoms with E-state index in [0.29, 0.717) is 12.3 Å². The van der Waals surface area contributed by atoms with E-state index in [9.17, 15) is 4.79 Å². The molecule has 1 rings (SSSR count). The molecule has 52 valence electrons. The lowest BCUT2D eigenvalue weighted by molar-refractivity contribution is -0.141. The molecule has 0 aromatic heterocycles. The van der Waals surface area contributed by atoms with Crippen molar-refractivity contribution in [3.63, 3.8) is 0 Å². The van der Waals surface area contributed by atoms with E-state index in [4.69, 9.17) is 22.1 Å². The monoisotopic (exact) mass is 149 g/mol. The minimum absolute atomic E-state index is 0.158. The van der Waals surface area contributed by atoms with Gasteiger partial charge in [0.25, 0.3) is 0 Å². The average molecular weight is 150 g/mol. The number of nitrogens with two attached hydrogens (primary N) is 1. The van der Waals surface area contributed by atoms with Gasteiger partial charge in [0.15, 0.2) is 0 Å². The molecule has 0 aromatic rings. The number of esters is 1. The van der Waals surface area contributed by atoms with Crippen LogP contribution in [0.3, 0.4) is 0 Å². The van der Waals surface area contributed by atoms with Gasteiger partial charge in [-0.1, -0.05) is 0 Å². The highest BCUT2D eigenvalue weighted by molar-refractivity contribution is 6.18. The zero-order chi connectivity index (χ0) is 6.85. The lowest BCUT2D eigenvalue weighted by Crippen LogP contribution is -2.24. The van der Waals surface area contributed by atoms with Crippen molar-refractivity contribution in [1.82, 2.24) is 0 Å². The first-order valence-electron chi connectivity index (χ1n) is 2.76. The van der Waals surface area contributed by atoms with E-state index < -0.39 is 6.04 Å². The molecule has 1 heterocycles. The normalized spacial score (nSPS) is 34.7. The predicted octanol–water partition coefficient (Wildman–Crippen LogP) is -0.132. The summed E-state index contributed by atoms with van der Waals surface area (Å²) in [7, 11) is 0. The zero-order valence-corrected chi connectivity index (χ0v) is 5.60. The van der Waals surface area contributed by atoms with Crippen LogP contribution in [-0.4, -0.2) is 24.0 Å². The molecule has 2 N–H and O–H groups in total. The van der Waals surface area contributed by atoms with Gasteiger partial charge in [0.2, 0.25) is 0 Å². The molecule has 9 heavy (non-hydrogen) atoms. The fourth-order valence-corrected chi connectivity index (χ4v) is 0.963. The van der Waals surface area contributed by atoms with Crippen molar-refractivity contribution in [3.8, 4) is 0 Å². The second-order valence-electron chi connectivity index (χ2n) is 2.06. The second-order valence-corrected chi connectivity index (χ2v) is 2.36. The van der Waals surface area contributed by atoms with Gasteiger partial charge in [-0.3, -0.25) is 4.79 Å². The SMILES string of the molecule is N[C@@H]1C[C@@H](CCl)OC1=O. The molecule has 1 saturated heterocycles. The second kappa shape index (κ2) is 2.54. The third-order valence-electron chi connectivity index (χ3n) is 1.27. The summed E-state index contributed by atoms with van der Waals surface area (Å²) in [6, 6.07) is -0.450. The Morgan fingerprint density at radius 2 is 2.56 bits per heavy atom. The minimum Gasteiger partial charge on any atom is -0.460 e. The van der Waals surface area contributed by atoms with Crippen LogP contribution >= 0.6 is 11.6 Å². The lowest BCUT2D eigenvalue weighted by atomic mass is 10.2. The summed E-state index contributed by atoms with van der Waals surface area (Å²) in [5.41, 5.74) is 5.31. The van der Waals surface area contributed by atoms with Gasteiger partial charge in [0.05, 0.1) is 5.88 Å². The quantitative estimate of drug-likeness (QED) is 0.417. The number of halogens is 1. The summed E-state index contributed by atoms with van der Waals surface area (Å²) >= 11 is 5.41. The van der Waals surface area contributed by atoms with Gasteiger partial charge in [-0.05, 0) is 0 Å². The molecule has 0 aliphatic carbocycles. The number of carbonyl (C=O) groups excluding carboxylic acids is 1. The van der Waals surface area contributed by atoms with Crippen LogP contribution in [0.25, 0.3) is 0 Å². The zero-order valence-electron chi connectivity index (χ0n) is 4.84. The van der Waals surface area contributed by atoms with E-state index in [2.05, 4.69) is 0 Å². The summed E-state index contributed by atoms with van der Waals surface area (Å²) in [6.07, 6.45) is 0.400. The molecule has 0 radical (unpaired) electrons. The Morgan fingerprint density at radius 3 is 2.78 bits per heavy atom. The Kier molecular flexibility index (Phi) is 1.93. The molecular formula is C5H8ClNO2. The van der Waals surface area contributed by atoms with Crippen LogP contribution in [0.1, 0.15) is 6.42 Å². The summed E-state index contributed by atoms with van der Waals surface area (Å²) in [6.45, 7) is 0. The Labute approximate surface area is 58.1 Å². The maximum absolute atomic E-state index is 10.5. The number of hydrogen-bond acceptors (Lipinski definition) is 3. The number of hydrogen-bond donors (Lipinski definition) is 1. The van der Waals surface area contributed by atoms with Crippen molar-refractivity contribution in [2.75, 3.05) is 5.88 Å². The molecule has 1 aliphatic rings. The molecule has 2 atom stereocenters. The molecule has 0 bridgehead atoms. The first-order chi connectivity index (χ1) is 4.24. The molecule has 0 aromatic carbocycles. The van der Waals surface area contributed by atoms with Crippen LogP contribution in [-0.2, 0) is 9.53 Å². The van der Waals surface area contributed by atoms with Crippen molar-refractivity contribution >= 4 is 17.6 Å². The smallest absolute Gasteiger partial charge is 0.323 e. The maximum atomic E-state index is 10.5. The van der Waals surface area contributed by atoms with Crippen LogP contribution in [0, 0.1) is 0 Å². The molecule has 0 saturated carbocycles. The molecule has 1 fully saturated rings. The van der Waals surface area contributed by atoms with E-state index in [-0.39, 0.29) is 12.1 Å².